The Balaban J connectivity index is 1.74. The van der Waals surface area contributed by atoms with Gasteiger partial charge in [0.25, 0.3) is 0 Å². The van der Waals surface area contributed by atoms with E-state index in [9.17, 15) is 25.6 Å². The standard InChI is InChI=1S/C18H24F2N2O5S2/c1-28(23,24)21-11-13-3-2-8-22(12-13)29(25,26)17-7-5-14-9-16(27-18(19)20)6-4-15(14)10-17/h4,6,9-10,13,18,21H,2-3,5,7-8,11-12H2,1H3. The maximum atomic E-state index is 13.1. The van der Waals surface area contributed by atoms with E-state index in [0.717, 1.165) is 18.2 Å². The molecular weight excluding hydrogens is 426 g/mol. The van der Waals surface area contributed by atoms with Crippen molar-refractivity contribution in [2.75, 3.05) is 25.9 Å². The Morgan fingerprint density at radius 3 is 2.69 bits per heavy atom. The monoisotopic (exact) mass is 450 g/mol. The lowest BCUT2D eigenvalue weighted by Gasteiger charge is -2.33. The topological polar surface area (TPSA) is 92.8 Å². The van der Waals surface area contributed by atoms with Gasteiger partial charge in [-0.05, 0) is 60.9 Å². The number of alkyl halides is 2. The number of ether oxygens (including phenoxy) is 1. The van der Waals surface area contributed by atoms with Crippen molar-refractivity contribution in [1.29, 1.82) is 0 Å². The fourth-order valence-electron chi connectivity index (χ4n) is 3.67. The minimum Gasteiger partial charge on any atom is -0.435 e. The molecular formula is C18H24F2N2O5S2. The molecule has 29 heavy (non-hydrogen) atoms. The molecule has 1 aliphatic carbocycles. The van der Waals surface area contributed by atoms with Crippen LogP contribution in [0.25, 0.3) is 6.08 Å². The molecule has 0 bridgehead atoms. The van der Waals surface area contributed by atoms with Crippen LogP contribution in [0.2, 0.25) is 0 Å². The van der Waals surface area contributed by atoms with Crippen molar-refractivity contribution in [2.24, 2.45) is 5.92 Å². The van der Waals surface area contributed by atoms with Gasteiger partial charge in [0.05, 0.1) is 11.2 Å². The van der Waals surface area contributed by atoms with Crippen molar-refractivity contribution in [3.05, 3.63) is 34.2 Å². The first kappa shape index (κ1) is 22.1. The molecule has 1 aromatic carbocycles. The van der Waals surface area contributed by atoms with Gasteiger partial charge >= 0.3 is 6.61 Å². The Bertz CT molecular complexity index is 994. The second kappa shape index (κ2) is 8.66. The molecule has 1 unspecified atom stereocenters. The second-order valence-corrected chi connectivity index (χ2v) is 11.2. The molecule has 1 atom stereocenters. The number of rotatable bonds is 7. The highest BCUT2D eigenvalue weighted by Crippen LogP contribution is 2.33. The maximum Gasteiger partial charge on any atom is 0.387 e. The van der Waals surface area contributed by atoms with Crippen LogP contribution in [0.5, 0.6) is 5.75 Å². The van der Waals surface area contributed by atoms with Gasteiger partial charge in [0.15, 0.2) is 0 Å². The van der Waals surface area contributed by atoms with Gasteiger partial charge in [0.1, 0.15) is 5.75 Å². The summed E-state index contributed by atoms with van der Waals surface area (Å²) < 4.78 is 81.8. The molecule has 11 heteroatoms. The van der Waals surface area contributed by atoms with E-state index in [0.29, 0.717) is 24.9 Å². The van der Waals surface area contributed by atoms with Crippen LogP contribution in [-0.4, -0.2) is 53.6 Å². The fraction of sp³-hybridized carbons (Fsp3) is 0.556. The van der Waals surface area contributed by atoms with E-state index in [1.54, 1.807) is 12.1 Å². The highest BCUT2D eigenvalue weighted by atomic mass is 32.2. The molecule has 3 rings (SSSR count). The lowest BCUT2D eigenvalue weighted by atomic mass is 9.97. The van der Waals surface area contributed by atoms with Crippen LogP contribution in [0.15, 0.2) is 23.1 Å². The van der Waals surface area contributed by atoms with Crippen molar-refractivity contribution >= 4 is 26.1 Å². The highest BCUT2D eigenvalue weighted by molar-refractivity contribution is 7.93. The van der Waals surface area contributed by atoms with E-state index >= 15 is 0 Å². The molecule has 1 saturated heterocycles. The molecule has 1 aliphatic heterocycles. The van der Waals surface area contributed by atoms with Crippen molar-refractivity contribution in [1.82, 2.24) is 9.03 Å². The third-order valence-corrected chi connectivity index (χ3v) is 7.77. The van der Waals surface area contributed by atoms with Gasteiger partial charge in [-0.3, -0.25) is 0 Å². The fourth-order valence-corrected chi connectivity index (χ4v) is 5.95. The van der Waals surface area contributed by atoms with Crippen molar-refractivity contribution in [3.8, 4) is 5.75 Å². The highest BCUT2D eigenvalue weighted by Gasteiger charge is 2.33. The van der Waals surface area contributed by atoms with E-state index < -0.39 is 26.7 Å². The molecule has 1 fully saturated rings. The summed E-state index contributed by atoms with van der Waals surface area (Å²) in [7, 11) is -7.01. The second-order valence-electron chi connectivity index (χ2n) is 7.34. The van der Waals surface area contributed by atoms with Gasteiger partial charge in [-0.2, -0.15) is 13.1 Å². The first-order chi connectivity index (χ1) is 13.5. The molecule has 0 amide bonds. The van der Waals surface area contributed by atoms with Crippen LogP contribution in [-0.2, 0) is 26.5 Å². The van der Waals surface area contributed by atoms with Crippen LogP contribution >= 0.6 is 0 Å². The normalized spacial score (nSPS) is 21.0. The molecule has 1 aromatic rings. The molecule has 0 radical (unpaired) electrons. The van der Waals surface area contributed by atoms with Gasteiger partial charge in [0.2, 0.25) is 20.0 Å². The number of halogens is 2. The summed E-state index contributed by atoms with van der Waals surface area (Å²) in [5, 5.41) is 0. The molecule has 1 heterocycles. The summed E-state index contributed by atoms with van der Waals surface area (Å²) in [6.07, 6.45) is 4.76. The zero-order valence-electron chi connectivity index (χ0n) is 16.0. The third kappa shape index (κ3) is 5.74. The number of allylic oxidation sites excluding steroid dienone is 1. The average molecular weight is 451 g/mol. The smallest absolute Gasteiger partial charge is 0.387 e. The van der Waals surface area contributed by atoms with Crippen LogP contribution in [0.3, 0.4) is 0 Å². The number of sulfonamides is 2. The van der Waals surface area contributed by atoms with E-state index in [4.69, 9.17) is 0 Å². The number of piperidine rings is 1. The molecule has 7 nitrogen and oxygen atoms in total. The van der Waals surface area contributed by atoms with Gasteiger partial charge in [-0.1, -0.05) is 6.07 Å². The van der Waals surface area contributed by atoms with E-state index in [2.05, 4.69) is 9.46 Å². The molecule has 0 spiro atoms. The Hall–Kier alpha value is -1.56. The number of nitrogens with zero attached hydrogens (tertiary/aromatic N) is 1. The minimum absolute atomic E-state index is 0.0516. The number of fused-ring (bicyclic) bond motifs is 1. The van der Waals surface area contributed by atoms with Gasteiger partial charge in [0, 0.05) is 19.6 Å². The maximum absolute atomic E-state index is 13.1. The summed E-state index contributed by atoms with van der Waals surface area (Å²) in [4.78, 5) is 0.282. The Morgan fingerprint density at radius 1 is 1.24 bits per heavy atom. The van der Waals surface area contributed by atoms with Crippen LogP contribution in [0.4, 0.5) is 8.78 Å². The first-order valence-electron chi connectivity index (χ1n) is 9.28. The van der Waals surface area contributed by atoms with E-state index in [-0.39, 0.29) is 36.1 Å². The van der Waals surface area contributed by atoms with Crippen molar-refractivity contribution < 1.29 is 30.4 Å². The molecule has 0 aromatic heterocycles. The van der Waals surface area contributed by atoms with E-state index in [1.807, 2.05) is 0 Å². The number of hydrogen-bond acceptors (Lipinski definition) is 5. The van der Waals surface area contributed by atoms with Crippen LogP contribution in [0.1, 0.15) is 30.4 Å². The summed E-state index contributed by atoms with van der Waals surface area (Å²) >= 11 is 0. The van der Waals surface area contributed by atoms with Crippen LogP contribution in [0, 0.1) is 5.92 Å². The third-order valence-electron chi connectivity index (χ3n) is 5.08. The number of hydrogen-bond donors (Lipinski definition) is 1. The van der Waals surface area contributed by atoms with Gasteiger partial charge in [-0.15, -0.1) is 0 Å². The Morgan fingerprint density at radius 2 is 2.00 bits per heavy atom. The SMILES string of the molecule is CS(=O)(=O)NCC1CCCN(S(=O)(=O)C2=Cc3ccc(OC(F)F)cc3CC2)C1. The number of benzene rings is 1. The van der Waals surface area contributed by atoms with Gasteiger partial charge < -0.3 is 4.74 Å². The molecule has 0 saturated carbocycles. The zero-order valence-corrected chi connectivity index (χ0v) is 17.6. The number of nitrogens with one attached hydrogen (secondary N) is 1. The van der Waals surface area contributed by atoms with E-state index in [1.165, 1.54) is 16.4 Å². The summed E-state index contributed by atoms with van der Waals surface area (Å²) in [6, 6.07) is 4.48. The largest absolute Gasteiger partial charge is 0.435 e. The lowest BCUT2D eigenvalue weighted by molar-refractivity contribution is -0.0498. The van der Waals surface area contributed by atoms with Crippen molar-refractivity contribution in [3.63, 3.8) is 0 Å². The zero-order chi connectivity index (χ0) is 21.2. The minimum atomic E-state index is -3.68. The lowest BCUT2D eigenvalue weighted by Crippen LogP contribution is -2.44. The summed E-state index contributed by atoms with van der Waals surface area (Å²) in [5.41, 5.74) is 1.43. The first-order valence-corrected chi connectivity index (χ1v) is 12.6. The molecule has 1 N–H and O–H groups in total. The number of aryl methyl sites for hydroxylation is 1. The predicted molar refractivity (Wildman–Crippen MR) is 105 cm³/mol. The Kier molecular flexibility index (Phi) is 6.61. The van der Waals surface area contributed by atoms with Crippen molar-refractivity contribution in [2.45, 2.75) is 32.3 Å². The van der Waals surface area contributed by atoms with Crippen LogP contribution < -0.4 is 9.46 Å². The molecule has 162 valence electrons. The molecule has 2 aliphatic rings. The quantitative estimate of drug-likeness (QED) is 0.687. The summed E-state index contributed by atoms with van der Waals surface area (Å²) in [5.74, 6) is -0.0329. The predicted octanol–water partition coefficient (Wildman–Crippen LogP) is 2.17. The van der Waals surface area contributed by atoms with Gasteiger partial charge in [-0.25, -0.2) is 21.6 Å². The average Bonchev–Trinajstić information content (AvgIpc) is 2.65. The Labute approximate surface area is 169 Å². The summed E-state index contributed by atoms with van der Waals surface area (Å²) in [6.45, 7) is -2.05.